The van der Waals surface area contributed by atoms with Crippen molar-refractivity contribution in [3.63, 3.8) is 0 Å². The summed E-state index contributed by atoms with van der Waals surface area (Å²) in [4.78, 5) is 13.7. The highest BCUT2D eigenvalue weighted by atomic mass is 32.2. The molecule has 27 heavy (non-hydrogen) atoms. The van der Waals surface area contributed by atoms with E-state index in [2.05, 4.69) is 38.3 Å². The molecule has 1 amide bonds. The average Bonchev–Trinajstić information content (AvgIpc) is 3.34. The second-order valence-corrected chi connectivity index (χ2v) is 9.13. The lowest BCUT2D eigenvalue weighted by atomic mass is 10.2. The number of amides is 1. The molecule has 3 aromatic rings. The Bertz CT molecular complexity index is 933. The highest BCUT2D eigenvalue weighted by Crippen LogP contribution is 2.29. The van der Waals surface area contributed by atoms with Gasteiger partial charge in [0.1, 0.15) is 6.07 Å². The van der Waals surface area contributed by atoms with E-state index in [9.17, 15) is 4.79 Å². The number of nitriles is 1. The number of nitrogens with one attached hydrogen (secondary N) is 2. The summed E-state index contributed by atoms with van der Waals surface area (Å²) in [6.45, 7) is 2.60. The number of carbonyl (C=O) groups excluding carboxylic acids is 1. The van der Waals surface area contributed by atoms with Crippen LogP contribution in [-0.4, -0.2) is 27.9 Å². The molecule has 0 aliphatic heterocycles. The van der Waals surface area contributed by atoms with Gasteiger partial charge in [-0.15, -0.1) is 21.5 Å². The number of benzene rings is 1. The van der Waals surface area contributed by atoms with Crippen molar-refractivity contribution in [3.8, 4) is 6.07 Å². The lowest BCUT2D eigenvalue weighted by molar-refractivity contribution is -0.115. The van der Waals surface area contributed by atoms with Gasteiger partial charge >= 0.3 is 0 Å². The molecular weight excluding hydrogens is 398 g/mol. The van der Waals surface area contributed by atoms with E-state index in [1.807, 2.05) is 6.07 Å². The fraction of sp³-hybridized carbons (Fsp3) is 0.222. The number of aromatic nitrogens is 2. The molecule has 0 aliphatic rings. The van der Waals surface area contributed by atoms with Crippen LogP contribution in [0.25, 0.3) is 0 Å². The molecule has 1 atom stereocenters. The molecule has 2 heterocycles. The third kappa shape index (κ3) is 5.53. The normalized spacial score (nSPS) is 11.6. The predicted molar refractivity (Wildman–Crippen MR) is 112 cm³/mol. The molecule has 138 valence electrons. The Morgan fingerprint density at radius 3 is 2.93 bits per heavy atom. The van der Waals surface area contributed by atoms with E-state index in [1.54, 1.807) is 42.5 Å². The summed E-state index contributed by atoms with van der Waals surface area (Å²) in [6.07, 6.45) is 0.941. The molecule has 0 saturated heterocycles. The van der Waals surface area contributed by atoms with Crippen LogP contribution in [0.2, 0.25) is 0 Å². The number of thioether (sulfide) groups is 1. The SMILES string of the molecule is CC(Sc1nnc(NCCc2cccs2)s1)C(=O)Nc1ccccc1C#N. The summed E-state index contributed by atoms with van der Waals surface area (Å²) in [5, 5.41) is 25.9. The predicted octanol–water partition coefficient (Wildman–Crippen LogP) is 4.25. The smallest absolute Gasteiger partial charge is 0.237 e. The highest BCUT2D eigenvalue weighted by molar-refractivity contribution is 8.02. The van der Waals surface area contributed by atoms with Gasteiger partial charge in [-0.05, 0) is 36.9 Å². The van der Waals surface area contributed by atoms with Gasteiger partial charge in [-0.2, -0.15) is 5.26 Å². The van der Waals surface area contributed by atoms with E-state index >= 15 is 0 Å². The van der Waals surface area contributed by atoms with Crippen molar-refractivity contribution < 1.29 is 4.79 Å². The second kappa shape index (κ2) is 9.50. The zero-order valence-electron chi connectivity index (χ0n) is 14.5. The van der Waals surface area contributed by atoms with Crippen LogP contribution in [0.15, 0.2) is 46.1 Å². The largest absolute Gasteiger partial charge is 0.360 e. The Balaban J connectivity index is 1.50. The molecule has 6 nitrogen and oxygen atoms in total. The minimum atomic E-state index is -0.358. The summed E-state index contributed by atoms with van der Waals surface area (Å²) in [7, 11) is 0. The number of thiophene rings is 1. The van der Waals surface area contributed by atoms with Gasteiger partial charge in [-0.3, -0.25) is 4.79 Å². The number of nitrogens with zero attached hydrogens (tertiary/aromatic N) is 3. The molecule has 1 unspecified atom stereocenters. The van der Waals surface area contributed by atoms with E-state index in [0.29, 0.717) is 11.3 Å². The maximum Gasteiger partial charge on any atom is 0.237 e. The zero-order chi connectivity index (χ0) is 19.1. The van der Waals surface area contributed by atoms with Gasteiger partial charge in [-0.1, -0.05) is 41.3 Å². The Morgan fingerprint density at radius 1 is 1.30 bits per heavy atom. The van der Waals surface area contributed by atoms with Crippen LogP contribution in [0.5, 0.6) is 0 Å². The van der Waals surface area contributed by atoms with E-state index in [1.165, 1.54) is 28.0 Å². The average molecular weight is 416 g/mol. The third-order valence-corrected chi connectivity index (χ3v) is 6.59. The van der Waals surface area contributed by atoms with Gasteiger partial charge in [0.25, 0.3) is 0 Å². The Labute approximate surface area is 169 Å². The lowest BCUT2D eigenvalue weighted by Gasteiger charge is -2.11. The van der Waals surface area contributed by atoms with Gasteiger partial charge < -0.3 is 10.6 Å². The molecule has 9 heteroatoms. The van der Waals surface area contributed by atoms with Crippen LogP contribution < -0.4 is 10.6 Å². The first kappa shape index (κ1) is 19.4. The molecule has 1 aromatic carbocycles. The van der Waals surface area contributed by atoms with Gasteiger partial charge in [0.2, 0.25) is 11.0 Å². The van der Waals surface area contributed by atoms with Gasteiger partial charge in [0, 0.05) is 11.4 Å². The number of hydrogen-bond donors (Lipinski definition) is 2. The Morgan fingerprint density at radius 2 is 2.15 bits per heavy atom. The summed E-state index contributed by atoms with van der Waals surface area (Å²) < 4.78 is 0.727. The first-order valence-electron chi connectivity index (χ1n) is 8.22. The van der Waals surface area contributed by atoms with E-state index in [4.69, 9.17) is 5.26 Å². The monoisotopic (exact) mass is 415 g/mol. The molecule has 0 spiro atoms. The van der Waals surface area contributed by atoms with E-state index < -0.39 is 0 Å². The van der Waals surface area contributed by atoms with Crippen molar-refractivity contribution in [1.29, 1.82) is 5.26 Å². The minimum absolute atomic E-state index is 0.176. The quantitative estimate of drug-likeness (QED) is 0.535. The Hall–Kier alpha value is -2.41. The molecule has 2 N–H and O–H groups in total. The van der Waals surface area contributed by atoms with Crippen molar-refractivity contribution in [1.82, 2.24) is 10.2 Å². The standard InChI is InChI=1S/C18H17N5OS3/c1-12(16(24)21-15-7-3-2-5-13(15)11-19)26-18-23-22-17(27-18)20-9-8-14-6-4-10-25-14/h2-7,10,12H,8-9H2,1H3,(H,20,22)(H,21,24). The molecule has 3 rings (SSSR count). The topological polar surface area (TPSA) is 90.7 Å². The summed E-state index contributed by atoms with van der Waals surface area (Å²) in [5.41, 5.74) is 0.960. The van der Waals surface area contributed by atoms with Crippen LogP contribution in [0.3, 0.4) is 0 Å². The fourth-order valence-corrected chi connectivity index (χ4v) is 4.84. The van der Waals surface area contributed by atoms with Crippen LogP contribution in [0, 0.1) is 11.3 Å². The highest BCUT2D eigenvalue weighted by Gasteiger charge is 2.18. The molecule has 0 saturated carbocycles. The zero-order valence-corrected chi connectivity index (χ0v) is 17.0. The van der Waals surface area contributed by atoms with E-state index in [-0.39, 0.29) is 11.2 Å². The third-order valence-electron chi connectivity index (χ3n) is 3.59. The fourth-order valence-electron chi connectivity index (χ4n) is 2.21. The number of carbonyl (C=O) groups is 1. The first-order chi connectivity index (χ1) is 13.2. The number of anilines is 2. The number of rotatable bonds is 8. The van der Waals surface area contributed by atoms with Gasteiger partial charge in [0.15, 0.2) is 4.34 Å². The minimum Gasteiger partial charge on any atom is -0.360 e. The van der Waals surface area contributed by atoms with Crippen molar-refractivity contribution in [2.75, 3.05) is 17.2 Å². The molecular formula is C18H17N5OS3. The second-order valence-electron chi connectivity index (χ2n) is 5.54. The summed E-state index contributed by atoms with van der Waals surface area (Å²) in [6, 6.07) is 13.2. The van der Waals surface area contributed by atoms with E-state index in [0.717, 1.165) is 22.4 Å². The van der Waals surface area contributed by atoms with Crippen LogP contribution in [0.4, 0.5) is 10.8 Å². The molecule has 2 aromatic heterocycles. The van der Waals surface area contributed by atoms with Crippen LogP contribution in [-0.2, 0) is 11.2 Å². The first-order valence-corrected chi connectivity index (χ1v) is 10.8. The number of para-hydroxylation sites is 1. The van der Waals surface area contributed by atoms with Gasteiger partial charge in [0.05, 0.1) is 16.5 Å². The summed E-state index contributed by atoms with van der Waals surface area (Å²) in [5.74, 6) is -0.176. The maximum atomic E-state index is 12.4. The Kier molecular flexibility index (Phi) is 6.81. The molecule has 0 aliphatic carbocycles. The maximum absolute atomic E-state index is 12.4. The molecule has 0 radical (unpaired) electrons. The van der Waals surface area contributed by atoms with Crippen molar-refractivity contribution in [2.45, 2.75) is 22.9 Å². The number of hydrogen-bond acceptors (Lipinski definition) is 8. The summed E-state index contributed by atoms with van der Waals surface area (Å²) >= 11 is 4.52. The molecule has 0 fully saturated rings. The lowest BCUT2D eigenvalue weighted by Crippen LogP contribution is -2.22. The molecule has 0 bridgehead atoms. The van der Waals surface area contributed by atoms with Crippen molar-refractivity contribution in [2.24, 2.45) is 0 Å². The van der Waals surface area contributed by atoms with Crippen LogP contribution in [0.1, 0.15) is 17.4 Å². The van der Waals surface area contributed by atoms with Gasteiger partial charge in [-0.25, -0.2) is 0 Å². The van der Waals surface area contributed by atoms with Crippen molar-refractivity contribution in [3.05, 3.63) is 52.2 Å². The van der Waals surface area contributed by atoms with Crippen LogP contribution >= 0.6 is 34.4 Å². The van der Waals surface area contributed by atoms with Crippen molar-refractivity contribution >= 4 is 51.2 Å².